The van der Waals surface area contributed by atoms with E-state index in [4.69, 9.17) is 9.47 Å². The number of hydrogen-bond acceptors (Lipinski definition) is 4. The summed E-state index contributed by atoms with van der Waals surface area (Å²) in [6, 6.07) is 13.4. The molecule has 1 aromatic heterocycles. The predicted octanol–water partition coefficient (Wildman–Crippen LogP) is 4.44. The fourth-order valence-corrected chi connectivity index (χ4v) is 2.50. The van der Waals surface area contributed by atoms with Crippen LogP contribution in [-0.2, 0) is 11.3 Å². The first-order valence-corrected chi connectivity index (χ1v) is 8.02. The van der Waals surface area contributed by atoms with Crippen LogP contribution in [0.3, 0.4) is 0 Å². The molecule has 3 rings (SSSR count). The van der Waals surface area contributed by atoms with E-state index in [1.165, 1.54) is 12.1 Å². The first-order valence-electron chi connectivity index (χ1n) is 8.02. The van der Waals surface area contributed by atoms with Crippen molar-refractivity contribution in [2.45, 2.75) is 20.5 Å². The molecular formula is C20H18FNO3. The number of halogens is 1. The van der Waals surface area contributed by atoms with E-state index in [9.17, 15) is 9.18 Å². The van der Waals surface area contributed by atoms with Crippen LogP contribution in [0.25, 0.3) is 10.9 Å². The first kappa shape index (κ1) is 16.9. The monoisotopic (exact) mass is 339 g/mol. The minimum atomic E-state index is -0.369. The Morgan fingerprint density at radius 1 is 1.12 bits per heavy atom. The van der Waals surface area contributed by atoms with Crippen LogP contribution >= 0.6 is 0 Å². The Hall–Kier alpha value is -2.95. The van der Waals surface area contributed by atoms with Gasteiger partial charge in [0, 0.05) is 11.5 Å². The summed E-state index contributed by atoms with van der Waals surface area (Å²) in [6.45, 7) is 4.21. The lowest BCUT2D eigenvalue weighted by molar-refractivity contribution is 0.0525. The summed E-state index contributed by atoms with van der Waals surface area (Å²) in [7, 11) is 0. The number of hydrogen-bond donors (Lipinski definition) is 0. The molecule has 0 aliphatic rings. The first-order chi connectivity index (χ1) is 12.1. The number of pyridine rings is 1. The molecular weight excluding hydrogens is 321 g/mol. The molecule has 0 amide bonds. The van der Waals surface area contributed by atoms with Crippen LogP contribution in [0.1, 0.15) is 28.5 Å². The van der Waals surface area contributed by atoms with Gasteiger partial charge in [-0.1, -0.05) is 12.1 Å². The molecule has 0 fully saturated rings. The van der Waals surface area contributed by atoms with Gasteiger partial charge < -0.3 is 9.47 Å². The van der Waals surface area contributed by atoms with Crippen molar-refractivity contribution in [2.24, 2.45) is 0 Å². The lowest BCUT2D eigenvalue weighted by atomic mass is 10.1. The van der Waals surface area contributed by atoms with Crippen molar-refractivity contribution in [3.05, 3.63) is 71.2 Å². The maximum absolute atomic E-state index is 12.9. The van der Waals surface area contributed by atoms with Crippen molar-refractivity contribution in [3.63, 3.8) is 0 Å². The van der Waals surface area contributed by atoms with Crippen molar-refractivity contribution in [2.75, 3.05) is 6.61 Å². The summed E-state index contributed by atoms with van der Waals surface area (Å²) in [6.07, 6.45) is 0. The number of nitrogens with zero attached hydrogens (tertiary/aromatic N) is 1. The molecule has 4 nitrogen and oxygen atoms in total. The normalized spacial score (nSPS) is 10.7. The molecule has 0 aliphatic heterocycles. The highest BCUT2D eigenvalue weighted by molar-refractivity contribution is 5.95. The summed E-state index contributed by atoms with van der Waals surface area (Å²) >= 11 is 0. The Labute approximate surface area is 145 Å². The van der Waals surface area contributed by atoms with Crippen LogP contribution in [0.15, 0.2) is 48.5 Å². The molecule has 2 aromatic carbocycles. The summed E-state index contributed by atoms with van der Waals surface area (Å²) < 4.78 is 23.7. The van der Waals surface area contributed by atoms with E-state index in [0.717, 1.165) is 16.5 Å². The van der Waals surface area contributed by atoms with E-state index in [1.807, 2.05) is 18.2 Å². The third-order valence-corrected chi connectivity index (χ3v) is 3.79. The molecule has 0 saturated heterocycles. The molecule has 0 aliphatic carbocycles. The molecule has 5 heteroatoms. The standard InChI is InChI=1S/C20H18FNO3/c1-3-24-20(23)18-10-15-6-9-17(11-19(15)22-13(18)2)25-12-14-4-7-16(21)8-5-14/h4-11H,3,12H2,1-2H3. The lowest BCUT2D eigenvalue weighted by Gasteiger charge is -2.10. The third-order valence-electron chi connectivity index (χ3n) is 3.79. The van der Waals surface area contributed by atoms with Gasteiger partial charge in [-0.05, 0) is 49.7 Å². The Morgan fingerprint density at radius 2 is 1.88 bits per heavy atom. The van der Waals surface area contributed by atoms with Crippen LogP contribution in [-0.4, -0.2) is 17.6 Å². The van der Waals surface area contributed by atoms with Crippen molar-refractivity contribution in [3.8, 4) is 5.75 Å². The zero-order chi connectivity index (χ0) is 17.8. The van der Waals surface area contributed by atoms with Gasteiger partial charge in [-0.3, -0.25) is 4.98 Å². The highest BCUT2D eigenvalue weighted by Gasteiger charge is 2.13. The smallest absolute Gasteiger partial charge is 0.339 e. The van der Waals surface area contributed by atoms with Crippen molar-refractivity contribution < 1.29 is 18.7 Å². The summed E-state index contributed by atoms with van der Waals surface area (Å²) in [4.78, 5) is 16.4. The fraction of sp³-hybridized carbons (Fsp3) is 0.200. The molecule has 3 aromatic rings. The molecule has 0 N–H and O–H groups in total. The third kappa shape index (κ3) is 3.94. The van der Waals surface area contributed by atoms with Crippen LogP contribution in [0.4, 0.5) is 4.39 Å². The minimum Gasteiger partial charge on any atom is -0.489 e. The van der Waals surface area contributed by atoms with Crippen molar-refractivity contribution >= 4 is 16.9 Å². The second kappa shape index (κ2) is 7.30. The van der Waals surface area contributed by atoms with Crippen LogP contribution in [0.5, 0.6) is 5.75 Å². The summed E-state index contributed by atoms with van der Waals surface area (Å²) in [5.41, 5.74) is 2.70. The Kier molecular flexibility index (Phi) is 4.93. The average molecular weight is 339 g/mol. The molecule has 0 saturated carbocycles. The molecule has 0 atom stereocenters. The zero-order valence-electron chi connectivity index (χ0n) is 14.1. The van der Waals surface area contributed by atoms with Gasteiger partial charge in [0.2, 0.25) is 0 Å². The number of carbonyl (C=O) groups is 1. The Morgan fingerprint density at radius 3 is 2.60 bits per heavy atom. The second-order valence-electron chi connectivity index (χ2n) is 5.61. The van der Waals surface area contributed by atoms with E-state index in [1.54, 1.807) is 32.0 Å². The van der Waals surface area contributed by atoms with Gasteiger partial charge in [0.05, 0.1) is 23.4 Å². The van der Waals surface area contributed by atoms with Gasteiger partial charge in [-0.2, -0.15) is 0 Å². The molecule has 0 bridgehead atoms. The second-order valence-corrected chi connectivity index (χ2v) is 5.61. The number of esters is 1. The summed E-state index contributed by atoms with van der Waals surface area (Å²) in [5.74, 6) is 0.0187. The molecule has 25 heavy (non-hydrogen) atoms. The number of carbonyl (C=O) groups excluding carboxylic acids is 1. The van der Waals surface area contributed by atoms with Crippen LogP contribution in [0, 0.1) is 12.7 Å². The average Bonchev–Trinajstić information content (AvgIpc) is 2.60. The molecule has 0 unspecified atom stereocenters. The number of aromatic nitrogens is 1. The Balaban J connectivity index is 1.81. The summed E-state index contributed by atoms with van der Waals surface area (Å²) in [5, 5.41) is 0.836. The van der Waals surface area contributed by atoms with E-state index < -0.39 is 0 Å². The van der Waals surface area contributed by atoms with Gasteiger partial charge in [0.1, 0.15) is 18.2 Å². The maximum atomic E-state index is 12.9. The molecule has 1 heterocycles. The van der Waals surface area contributed by atoms with Gasteiger partial charge in [0.25, 0.3) is 0 Å². The predicted molar refractivity (Wildman–Crippen MR) is 93.2 cm³/mol. The SMILES string of the molecule is CCOC(=O)c1cc2ccc(OCc3ccc(F)cc3)cc2nc1C. The fourth-order valence-electron chi connectivity index (χ4n) is 2.50. The Bertz CT molecular complexity index is 907. The zero-order valence-corrected chi connectivity index (χ0v) is 14.1. The number of fused-ring (bicyclic) bond motifs is 1. The maximum Gasteiger partial charge on any atom is 0.339 e. The van der Waals surface area contributed by atoms with E-state index in [2.05, 4.69) is 4.98 Å². The van der Waals surface area contributed by atoms with Crippen LogP contribution in [0.2, 0.25) is 0 Å². The van der Waals surface area contributed by atoms with Gasteiger partial charge in [0.15, 0.2) is 0 Å². The van der Waals surface area contributed by atoms with E-state index in [0.29, 0.717) is 30.2 Å². The van der Waals surface area contributed by atoms with Crippen LogP contribution < -0.4 is 4.74 Å². The number of benzene rings is 2. The van der Waals surface area contributed by atoms with Crippen molar-refractivity contribution in [1.82, 2.24) is 4.98 Å². The van der Waals surface area contributed by atoms with Gasteiger partial charge >= 0.3 is 5.97 Å². The van der Waals surface area contributed by atoms with E-state index in [-0.39, 0.29) is 11.8 Å². The highest BCUT2D eigenvalue weighted by atomic mass is 19.1. The topological polar surface area (TPSA) is 48.4 Å². The number of aryl methyl sites for hydroxylation is 1. The molecule has 128 valence electrons. The minimum absolute atomic E-state index is 0.272. The van der Waals surface area contributed by atoms with Gasteiger partial charge in [-0.15, -0.1) is 0 Å². The number of rotatable bonds is 5. The lowest BCUT2D eigenvalue weighted by Crippen LogP contribution is -2.08. The number of ether oxygens (including phenoxy) is 2. The highest BCUT2D eigenvalue weighted by Crippen LogP contribution is 2.23. The largest absolute Gasteiger partial charge is 0.489 e. The quantitative estimate of drug-likeness (QED) is 0.645. The van der Waals surface area contributed by atoms with E-state index >= 15 is 0 Å². The van der Waals surface area contributed by atoms with Crippen molar-refractivity contribution in [1.29, 1.82) is 0 Å². The molecule has 0 radical (unpaired) electrons. The van der Waals surface area contributed by atoms with Gasteiger partial charge in [-0.25, -0.2) is 9.18 Å². The molecule has 0 spiro atoms.